The number of carbonyl (C=O) groups excluding carboxylic acids is 1. The molecule has 0 aliphatic heterocycles. The number of phenolic OH excluding ortho intramolecular Hbond substituents is 1. The summed E-state index contributed by atoms with van der Waals surface area (Å²) in [6.45, 7) is 2.91. The molecule has 0 spiro atoms. The number of phenols is 1. The summed E-state index contributed by atoms with van der Waals surface area (Å²) in [5, 5.41) is 10.4. The average molecular weight is 529 g/mol. The quantitative estimate of drug-likeness (QED) is 0.176. The van der Waals surface area contributed by atoms with E-state index < -0.39 is 16.3 Å². The number of hydrogen-bond donors (Lipinski definition) is 1. The van der Waals surface area contributed by atoms with E-state index in [1.807, 2.05) is 84.9 Å². The van der Waals surface area contributed by atoms with E-state index in [9.17, 15) is 9.90 Å². The van der Waals surface area contributed by atoms with E-state index in [0.717, 1.165) is 26.9 Å². The van der Waals surface area contributed by atoms with Gasteiger partial charge in [-0.05, 0) is 77.4 Å². The summed E-state index contributed by atoms with van der Waals surface area (Å²) in [4.78, 5) is 16.2. The van der Waals surface area contributed by atoms with Gasteiger partial charge in [0, 0.05) is 14.7 Å². The van der Waals surface area contributed by atoms with Gasteiger partial charge < -0.3 is 14.0 Å². The van der Waals surface area contributed by atoms with Gasteiger partial charge in [-0.2, -0.15) is 0 Å². The maximum Gasteiger partial charge on any atom is 0.353 e. The molecule has 1 N–H and O–H groups in total. The third-order valence-corrected chi connectivity index (χ3v) is 9.61. The fourth-order valence-electron chi connectivity index (χ4n) is 4.38. The lowest BCUT2D eigenvalue weighted by molar-refractivity contribution is 0.0754. The molecular formula is C33H36O4S. The first-order valence-corrected chi connectivity index (χ1v) is 14.9. The Morgan fingerprint density at radius 3 is 1.79 bits per heavy atom. The van der Waals surface area contributed by atoms with Crippen LogP contribution in [0.5, 0.6) is 11.5 Å². The summed E-state index contributed by atoms with van der Waals surface area (Å²) < 4.78 is 12.5. The summed E-state index contributed by atoms with van der Waals surface area (Å²) in [5.41, 5.74) is 0.134. The lowest BCUT2D eigenvalue weighted by Crippen LogP contribution is -2.14. The van der Waals surface area contributed by atoms with Crippen LogP contribution < -0.4 is 4.74 Å². The van der Waals surface area contributed by atoms with Crippen LogP contribution in [0.2, 0.25) is 0 Å². The lowest BCUT2D eigenvalue weighted by atomic mass is 10.1. The highest BCUT2D eigenvalue weighted by molar-refractivity contribution is 8.30. The van der Waals surface area contributed by atoms with Crippen molar-refractivity contribution in [3.63, 3.8) is 0 Å². The minimum Gasteiger partial charge on any atom is -0.507 e. The summed E-state index contributed by atoms with van der Waals surface area (Å²) >= 11 is 0. The van der Waals surface area contributed by atoms with Crippen LogP contribution in [0, 0.1) is 0 Å². The minimum atomic E-state index is -2.47. The summed E-state index contributed by atoms with van der Waals surface area (Å²) in [5.74, 6) is 0.114. The zero-order valence-electron chi connectivity index (χ0n) is 21.9. The number of rotatable bonds is 13. The van der Waals surface area contributed by atoms with Crippen molar-refractivity contribution in [2.45, 2.75) is 60.1 Å². The molecule has 4 aromatic carbocycles. The predicted molar refractivity (Wildman–Crippen MR) is 154 cm³/mol. The molecule has 38 heavy (non-hydrogen) atoms. The fourth-order valence-corrected chi connectivity index (χ4v) is 7.40. The molecule has 0 aliphatic rings. The van der Waals surface area contributed by atoms with Gasteiger partial charge in [0.15, 0.2) is 0 Å². The molecule has 0 fully saturated rings. The van der Waals surface area contributed by atoms with E-state index in [4.69, 9.17) is 8.92 Å². The fraction of sp³-hybridized carbons (Fsp3) is 0.242. The van der Waals surface area contributed by atoms with E-state index in [-0.39, 0.29) is 11.3 Å². The van der Waals surface area contributed by atoms with Crippen LogP contribution in [-0.4, -0.2) is 17.7 Å². The first-order valence-electron chi connectivity index (χ1n) is 13.3. The van der Waals surface area contributed by atoms with Gasteiger partial charge in [-0.3, -0.25) is 0 Å². The molecule has 0 aromatic heterocycles. The molecule has 0 amide bonds. The molecular weight excluding hydrogens is 492 g/mol. The van der Waals surface area contributed by atoms with Crippen molar-refractivity contribution in [3.05, 3.63) is 115 Å². The molecule has 4 rings (SSSR count). The van der Waals surface area contributed by atoms with Gasteiger partial charge in [0.2, 0.25) is 0 Å². The van der Waals surface area contributed by atoms with Gasteiger partial charge in [0.1, 0.15) is 17.1 Å². The molecule has 0 radical (unpaired) electrons. The van der Waals surface area contributed by atoms with Crippen LogP contribution in [0.3, 0.4) is 0 Å². The maximum atomic E-state index is 13.6. The molecule has 0 bridgehead atoms. The Morgan fingerprint density at radius 2 is 1.18 bits per heavy atom. The van der Waals surface area contributed by atoms with Gasteiger partial charge in [-0.1, -0.05) is 87.6 Å². The van der Waals surface area contributed by atoms with Gasteiger partial charge in [-0.25, -0.2) is 4.79 Å². The summed E-state index contributed by atoms with van der Waals surface area (Å²) in [7, 11) is -2.47. The largest absolute Gasteiger partial charge is 0.507 e. The van der Waals surface area contributed by atoms with E-state index in [2.05, 4.69) is 6.92 Å². The number of aromatic hydroxyl groups is 1. The van der Waals surface area contributed by atoms with Crippen LogP contribution in [0.4, 0.5) is 0 Å². The number of benzene rings is 4. The first-order chi connectivity index (χ1) is 18.6. The van der Waals surface area contributed by atoms with Crippen molar-refractivity contribution < 1.29 is 18.8 Å². The standard InChI is InChI=1S/C33H36O4S/c1-2-3-4-5-6-15-26-36-27-22-24-30(25-23-27)38(28-16-9-7-10-17-28,29-18-11-8-12-19-29)37-33(35)31-20-13-14-21-32(31)34/h7-14,16-25,34H,2-6,15,26H2,1H3. The third kappa shape index (κ3) is 6.59. The monoisotopic (exact) mass is 528 g/mol. The van der Waals surface area contributed by atoms with Crippen LogP contribution in [0.15, 0.2) is 124 Å². The molecule has 0 heterocycles. The second-order valence-electron chi connectivity index (χ2n) is 9.16. The van der Waals surface area contributed by atoms with Crippen molar-refractivity contribution >= 4 is 16.3 Å². The van der Waals surface area contributed by atoms with Crippen LogP contribution >= 0.6 is 10.3 Å². The Kier molecular flexibility index (Phi) is 9.88. The zero-order chi connectivity index (χ0) is 26.6. The van der Waals surface area contributed by atoms with Crippen molar-refractivity contribution in [1.82, 2.24) is 0 Å². The molecule has 0 unspecified atom stereocenters. The topological polar surface area (TPSA) is 55.8 Å². The van der Waals surface area contributed by atoms with E-state index >= 15 is 0 Å². The molecule has 0 aliphatic carbocycles. The molecule has 0 saturated heterocycles. The summed E-state index contributed by atoms with van der Waals surface area (Å²) in [6, 6.07) is 34.0. The highest BCUT2D eigenvalue weighted by atomic mass is 32.3. The molecule has 0 atom stereocenters. The number of para-hydroxylation sites is 1. The van der Waals surface area contributed by atoms with Crippen molar-refractivity contribution in [1.29, 1.82) is 0 Å². The molecule has 0 saturated carbocycles. The number of hydrogen-bond acceptors (Lipinski definition) is 4. The number of carbonyl (C=O) groups is 1. The van der Waals surface area contributed by atoms with Crippen molar-refractivity contribution in [2.75, 3.05) is 6.61 Å². The smallest absolute Gasteiger partial charge is 0.353 e. The SMILES string of the molecule is CCCCCCCCOc1ccc(S(OC(=O)c2ccccc2O)(c2ccccc2)c2ccccc2)cc1. The average Bonchev–Trinajstić information content (AvgIpc) is 2.97. The molecule has 4 nitrogen and oxygen atoms in total. The Hall–Kier alpha value is -3.70. The molecule has 198 valence electrons. The Bertz CT molecular complexity index is 1230. The van der Waals surface area contributed by atoms with Crippen LogP contribution in [-0.2, 0) is 4.18 Å². The van der Waals surface area contributed by atoms with E-state index in [1.165, 1.54) is 38.2 Å². The van der Waals surface area contributed by atoms with Crippen LogP contribution in [0.25, 0.3) is 0 Å². The lowest BCUT2D eigenvalue weighted by Gasteiger charge is -2.39. The number of unbranched alkanes of at least 4 members (excludes halogenated alkanes) is 5. The van der Waals surface area contributed by atoms with Crippen molar-refractivity contribution in [2.24, 2.45) is 0 Å². The Labute approximate surface area is 227 Å². The van der Waals surface area contributed by atoms with Gasteiger partial charge >= 0.3 is 5.97 Å². The Morgan fingerprint density at radius 1 is 0.658 bits per heavy atom. The maximum absolute atomic E-state index is 13.6. The first kappa shape index (κ1) is 27.3. The second kappa shape index (κ2) is 13.7. The summed E-state index contributed by atoms with van der Waals surface area (Å²) in [6.07, 6.45) is 7.29. The van der Waals surface area contributed by atoms with E-state index in [1.54, 1.807) is 18.2 Å². The number of ether oxygens (including phenoxy) is 1. The zero-order valence-corrected chi connectivity index (χ0v) is 22.7. The third-order valence-electron chi connectivity index (χ3n) is 6.40. The molecule has 4 aromatic rings. The minimum absolute atomic E-state index is 0.106. The van der Waals surface area contributed by atoms with Gasteiger partial charge in [0.05, 0.1) is 6.61 Å². The Balaban J connectivity index is 1.66. The molecule has 5 heteroatoms. The highest BCUT2D eigenvalue weighted by Crippen LogP contribution is 2.69. The highest BCUT2D eigenvalue weighted by Gasteiger charge is 2.36. The van der Waals surface area contributed by atoms with Crippen LogP contribution in [0.1, 0.15) is 55.8 Å². The predicted octanol–water partition coefficient (Wildman–Crippen LogP) is 9.19. The normalized spacial score (nSPS) is 11.6. The second-order valence-corrected chi connectivity index (χ2v) is 11.9. The van der Waals surface area contributed by atoms with Gasteiger partial charge in [-0.15, -0.1) is 0 Å². The van der Waals surface area contributed by atoms with Crippen molar-refractivity contribution in [3.8, 4) is 11.5 Å². The van der Waals surface area contributed by atoms with Gasteiger partial charge in [0.25, 0.3) is 0 Å². The van der Waals surface area contributed by atoms with E-state index in [0.29, 0.717) is 6.61 Å².